The Labute approximate surface area is 142 Å². The standard InChI is InChI=1S/C16H17BrN2O4/c1-16(2)9-23-6-5-19(16)13(20)8-18-14(21)11-4-3-10(17)7-12(11)15(18)22/h3-4,7H,5-6,8-9H2,1-2H3. The first kappa shape index (κ1) is 16.1. The van der Waals surface area contributed by atoms with Crippen molar-refractivity contribution in [2.24, 2.45) is 0 Å². The molecular weight excluding hydrogens is 364 g/mol. The fraction of sp³-hybridized carbons (Fsp3) is 0.438. The number of carbonyl (C=O) groups excluding carboxylic acids is 3. The topological polar surface area (TPSA) is 66.9 Å². The molecule has 0 unspecified atom stereocenters. The predicted octanol–water partition coefficient (Wildman–Crippen LogP) is 1.68. The maximum atomic E-state index is 12.6. The van der Waals surface area contributed by atoms with Gasteiger partial charge in [-0.25, -0.2) is 0 Å². The lowest BCUT2D eigenvalue weighted by Crippen LogP contribution is -2.58. The Morgan fingerprint density at radius 3 is 2.65 bits per heavy atom. The molecule has 6 nitrogen and oxygen atoms in total. The molecule has 0 aliphatic carbocycles. The number of carbonyl (C=O) groups is 3. The lowest BCUT2D eigenvalue weighted by atomic mass is 10.0. The lowest BCUT2D eigenvalue weighted by molar-refractivity contribution is -0.146. The minimum Gasteiger partial charge on any atom is -0.377 e. The normalized spacial score (nSPS) is 20.0. The molecule has 2 aliphatic rings. The molecule has 1 aromatic carbocycles. The molecule has 2 aliphatic heterocycles. The van der Waals surface area contributed by atoms with Crippen LogP contribution in [-0.4, -0.2) is 59.4 Å². The summed E-state index contributed by atoms with van der Waals surface area (Å²) >= 11 is 3.29. The van der Waals surface area contributed by atoms with Crippen LogP contribution in [0.1, 0.15) is 34.6 Å². The first-order valence-corrected chi connectivity index (χ1v) is 8.14. The number of hydrogen-bond acceptors (Lipinski definition) is 4. The maximum absolute atomic E-state index is 12.6. The number of morpholine rings is 1. The molecule has 0 saturated carbocycles. The second-order valence-electron chi connectivity index (χ2n) is 6.30. The second-order valence-corrected chi connectivity index (χ2v) is 7.21. The Morgan fingerprint density at radius 1 is 1.26 bits per heavy atom. The summed E-state index contributed by atoms with van der Waals surface area (Å²) in [5, 5.41) is 0. The molecule has 0 N–H and O–H groups in total. The molecule has 0 aromatic heterocycles. The third-order valence-corrected chi connectivity index (χ3v) is 4.67. The van der Waals surface area contributed by atoms with Crippen molar-refractivity contribution in [2.75, 3.05) is 26.3 Å². The van der Waals surface area contributed by atoms with Gasteiger partial charge in [0.1, 0.15) is 6.54 Å². The summed E-state index contributed by atoms with van der Waals surface area (Å²) in [6.45, 7) is 4.93. The number of rotatable bonds is 2. The van der Waals surface area contributed by atoms with Crippen LogP contribution in [0, 0.1) is 0 Å². The Hall–Kier alpha value is -1.73. The molecule has 2 heterocycles. The molecule has 1 fully saturated rings. The van der Waals surface area contributed by atoms with Crippen LogP contribution in [0.4, 0.5) is 0 Å². The summed E-state index contributed by atoms with van der Waals surface area (Å²) in [5.74, 6) is -1.09. The van der Waals surface area contributed by atoms with Crippen molar-refractivity contribution in [2.45, 2.75) is 19.4 Å². The van der Waals surface area contributed by atoms with Gasteiger partial charge in [0.2, 0.25) is 5.91 Å². The molecule has 1 saturated heterocycles. The summed E-state index contributed by atoms with van der Waals surface area (Å²) in [7, 11) is 0. The van der Waals surface area contributed by atoms with Gasteiger partial charge >= 0.3 is 0 Å². The Balaban J connectivity index is 1.80. The van der Waals surface area contributed by atoms with Gasteiger partial charge < -0.3 is 9.64 Å². The van der Waals surface area contributed by atoms with E-state index < -0.39 is 17.4 Å². The SMILES string of the molecule is CC1(C)COCCN1C(=O)CN1C(=O)c2ccc(Br)cc2C1=O. The average molecular weight is 381 g/mol. The van der Waals surface area contributed by atoms with E-state index in [4.69, 9.17) is 4.74 Å². The number of hydrogen-bond donors (Lipinski definition) is 0. The van der Waals surface area contributed by atoms with Crippen LogP contribution in [0.3, 0.4) is 0 Å². The van der Waals surface area contributed by atoms with Crippen molar-refractivity contribution in [1.82, 2.24) is 9.80 Å². The summed E-state index contributed by atoms with van der Waals surface area (Å²) in [6.07, 6.45) is 0. The number of fused-ring (bicyclic) bond motifs is 1. The number of imide groups is 1. The quantitative estimate of drug-likeness (QED) is 0.732. The van der Waals surface area contributed by atoms with Crippen molar-refractivity contribution in [3.8, 4) is 0 Å². The lowest BCUT2D eigenvalue weighted by Gasteiger charge is -2.42. The zero-order valence-corrected chi connectivity index (χ0v) is 14.6. The number of benzene rings is 1. The maximum Gasteiger partial charge on any atom is 0.262 e. The number of ether oxygens (including phenoxy) is 1. The van der Waals surface area contributed by atoms with Crippen molar-refractivity contribution in [3.05, 3.63) is 33.8 Å². The molecule has 3 amide bonds. The average Bonchev–Trinajstić information content (AvgIpc) is 2.71. The smallest absolute Gasteiger partial charge is 0.262 e. The van der Waals surface area contributed by atoms with Gasteiger partial charge in [-0.1, -0.05) is 15.9 Å². The van der Waals surface area contributed by atoms with E-state index in [0.717, 1.165) is 9.37 Å². The van der Waals surface area contributed by atoms with Crippen LogP contribution in [0.5, 0.6) is 0 Å². The van der Waals surface area contributed by atoms with Crippen LogP contribution in [0.25, 0.3) is 0 Å². The van der Waals surface area contributed by atoms with Gasteiger partial charge in [0.05, 0.1) is 29.9 Å². The van der Waals surface area contributed by atoms with E-state index in [1.807, 2.05) is 13.8 Å². The molecule has 0 radical (unpaired) electrons. The Kier molecular flexibility index (Phi) is 4.01. The molecule has 0 bridgehead atoms. The fourth-order valence-corrected chi connectivity index (χ4v) is 3.31. The van der Waals surface area contributed by atoms with E-state index in [0.29, 0.717) is 30.9 Å². The molecule has 1 aromatic rings. The number of halogens is 1. The third-order valence-electron chi connectivity index (χ3n) is 4.17. The van der Waals surface area contributed by atoms with Gasteiger partial charge in [0, 0.05) is 11.0 Å². The van der Waals surface area contributed by atoms with Crippen LogP contribution in [-0.2, 0) is 9.53 Å². The fourth-order valence-electron chi connectivity index (χ4n) is 2.95. The molecule has 7 heteroatoms. The highest BCUT2D eigenvalue weighted by atomic mass is 79.9. The highest BCUT2D eigenvalue weighted by Gasteiger charge is 2.40. The van der Waals surface area contributed by atoms with Crippen LogP contribution < -0.4 is 0 Å². The molecule has 122 valence electrons. The van der Waals surface area contributed by atoms with E-state index >= 15 is 0 Å². The van der Waals surface area contributed by atoms with E-state index in [1.165, 1.54) is 0 Å². The first-order valence-electron chi connectivity index (χ1n) is 7.35. The Bertz CT molecular complexity index is 701. The zero-order valence-electron chi connectivity index (χ0n) is 13.0. The van der Waals surface area contributed by atoms with Gasteiger partial charge in [-0.2, -0.15) is 0 Å². The zero-order chi connectivity index (χ0) is 16.8. The largest absolute Gasteiger partial charge is 0.377 e. The van der Waals surface area contributed by atoms with Crippen LogP contribution >= 0.6 is 15.9 Å². The monoisotopic (exact) mass is 380 g/mol. The van der Waals surface area contributed by atoms with E-state index in [-0.39, 0.29) is 12.5 Å². The van der Waals surface area contributed by atoms with Crippen molar-refractivity contribution >= 4 is 33.7 Å². The minimum atomic E-state index is -0.447. The van der Waals surface area contributed by atoms with E-state index in [9.17, 15) is 14.4 Å². The van der Waals surface area contributed by atoms with Gasteiger partial charge in [-0.3, -0.25) is 19.3 Å². The molecule has 0 atom stereocenters. The highest BCUT2D eigenvalue weighted by Crippen LogP contribution is 2.27. The van der Waals surface area contributed by atoms with E-state index in [2.05, 4.69) is 15.9 Å². The van der Waals surface area contributed by atoms with Crippen LogP contribution in [0.2, 0.25) is 0 Å². The first-order chi connectivity index (χ1) is 10.8. The highest BCUT2D eigenvalue weighted by molar-refractivity contribution is 9.10. The van der Waals surface area contributed by atoms with Gasteiger partial charge in [-0.15, -0.1) is 0 Å². The number of amides is 3. The summed E-state index contributed by atoms with van der Waals surface area (Å²) in [4.78, 5) is 40.1. The predicted molar refractivity (Wildman–Crippen MR) is 86.1 cm³/mol. The van der Waals surface area contributed by atoms with Crippen molar-refractivity contribution in [3.63, 3.8) is 0 Å². The van der Waals surface area contributed by atoms with Crippen molar-refractivity contribution in [1.29, 1.82) is 0 Å². The van der Waals surface area contributed by atoms with Crippen LogP contribution in [0.15, 0.2) is 22.7 Å². The minimum absolute atomic E-state index is 0.243. The Morgan fingerprint density at radius 2 is 1.96 bits per heavy atom. The van der Waals surface area contributed by atoms with Gasteiger partial charge in [0.25, 0.3) is 11.8 Å². The van der Waals surface area contributed by atoms with Gasteiger partial charge in [-0.05, 0) is 32.0 Å². The molecule has 23 heavy (non-hydrogen) atoms. The third kappa shape index (κ3) is 2.79. The van der Waals surface area contributed by atoms with E-state index in [1.54, 1.807) is 23.1 Å². The van der Waals surface area contributed by atoms with Gasteiger partial charge in [0.15, 0.2) is 0 Å². The molecule has 0 spiro atoms. The summed E-state index contributed by atoms with van der Waals surface area (Å²) in [5.41, 5.74) is 0.225. The summed E-state index contributed by atoms with van der Waals surface area (Å²) in [6, 6.07) is 4.92. The number of nitrogens with zero attached hydrogens (tertiary/aromatic N) is 2. The second kappa shape index (κ2) is 5.72. The molecular formula is C16H17BrN2O4. The molecule has 3 rings (SSSR count). The van der Waals surface area contributed by atoms with Crippen molar-refractivity contribution < 1.29 is 19.1 Å². The summed E-state index contributed by atoms with van der Waals surface area (Å²) < 4.78 is 6.12.